The largest absolute Gasteiger partial charge is 0.484 e. The number of primary amides is 1. The number of aliphatic imine (C=N–C) groups is 1. The van der Waals surface area contributed by atoms with Gasteiger partial charge in [0.2, 0.25) is 0 Å². The summed E-state index contributed by atoms with van der Waals surface area (Å²) in [5.74, 6) is 0.762. The molecule has 0 saturated heterocycles. The Kier molecular flexibility index (Phi) is 9.82. The van der Waals surface area contributed by atoms with Crippen LogP contribution in [0.15, 0.2) is 53.5 Å². The van der Waals surface area contributed by atoms with E-state index in [2.05, 4.69) is 15.6 Å². The lowest BCUT2D eigenvalue weighted by molar-refractivity contribution is -0.119. The second kappa shape index (κ2) is 11.6. The lowest BCUT2D eigenvalue weighted by Gasteiger charge is -2.13. The summed E-state index contributed by atoms with van der Waals surface area (Å²) in [5.41, 5.74) is 7.14. The highest BCUT2D eigenvalue weighted by atomic mass is 127. The van der Waals surface area contributed by atoms with Crippen LogP contribution in [0.4, 0.5) is 0 Å². The van der Waals surface area contributed by atoms with E-state index in [1.165, 1.54) is 0 Å². The number of halogens is 2. The van der Waals surface area contributed by atoms with E-state index in [-0.39, 0.29) is 30.6 Å². The van der Waals surface area contributed by atoms with E-state index in [4.69, 9.17) is 22.1 Å². The zero-order valence-corrected chi connectivity index (χ0v) is 17.5. The molecule has 4 N–H and O–H groups in total. The van der Waals surface area contributed by atoms with E-state index in [1.54, 1.807) is 13.1 Å². The van der Waals surface area contributed by atoms with Crippen LogP contribution in [0.1, 0.15) is 11.1 Å². The Morgan fingerprint density at radius 1 is 1.12 bits per heavy atom. The number of amides is 1. The standard InChI is InChI=1S/C18H21ClN4O2.HI/c1-21-18(22-10-13-4-2-6-15(19)8-13)23-11-14-5-3-7-16(9-14)25-12-17(20)24;/h2-9H,10-12H2,1H3,(H2,20,24)(H2,21,22,23);1H. The van der Waals surface area contributed by atoms with Crippen molar-refractivity contribution in [2.75, 3.05) is 13.7 Å². The zero-order chi connectivity index (χ0) is 18.1. The van der Waals surface area contributed by atoms with E-state index in [0.717, 1.165) is 11.1 Å². The molecule has 1 amide bonds. The Morgan fingerprint density at radius 2 is 1.73 bits per heavy atom. The Bertz CT molecular complexity index is 755. The van der Waals surface area contributed by atoms with Gasteiger partial charge in [0, 0.05) is 25.2 Å². The van der Waals surface area contributed by atoms with Gasteiger partial charge in [-0.25, -0.2) is 0 Å². The first kappa shape index (κ1) is 22.0. The number of ether oxygens (including phenoxy) is 1. The van der Waals surface area contributed by atoms with E-state index in [9.17, 15) is 4.79 Å². The van der Waals surface area contributed by atoms with Crippen LogP contribution in [0.3, 0.4) is 0 Å². The normalized spacial score (nSPS) is 10.6. The highest BCUT2D eigenvalue weighted by Gasteiger charge is 2.02. The third kappa shape index (κ3) is 7.92. The second-order valence-electron chi connectivity index (χ2n) is 5.31. The number of nitrogens with zero attached hydrogens (tertiary/aromatic N) is 1. The average Bonchev–Trinajstić information content (AvgIpc) is 2.60. The van der Waals surface area contributed by atoms with E-state index in [1.807, 2.05) is 42.5 Å². The molecule has 0 aliphatic heterocycles. The van der Waals surface area contributed by atoms with Crippen LogP contribution in [-0.4, -0.2) is 25.5 Å². The molecule has 8 heteroatoms. The molecule has 2 aromatic carbocycles. The number of benzene rings is 2. The summed E-state index contributed by atoms with van der Waals surface area (Å²) in [7, 11) is 1.71. The highest BCUT2D eigenvalue weighted by molar-refractivity contribution is 14.0. The van der Waals surface area contributed by atoms with Crippen molar-refractivity contribution in [3.8, 4) is 5.75 Å². The Hall–Kier alpha value is -2.00. The summed E-state index contributed by atoms with van der Waals surface area (Å²) in [6.45, 7) is 1.03. The number of nitrogens with one attached hydrogen (secondary N) is 2. The molecule has 2 rings (SSSR count). The summed E-state index contributed by atoms with van der Waals surface area (Å²) >= 11 is 5.98. The molecule has 140 valence electrons. The van der Waals surface area contributed by atoms with Gasteiger partial charge in [-0.3, -0.25) is 9.79 Å². The minimum Gasteiger partial charge on any atom is -0.484 e. The van der Waals surface area contributed by atoms with Gasteiger partial charge in [0.1, 0.15) is 5.75 Å². The number of carbonyl (C=O) groups is 1. The summed E-state index contributed by atoms with van der Waals surface area (Å²) in [6, 6.07) is 15.1. The van der Waals surface area contributed by atoms with Crippen LogP contribution in [0.2, 0.25) is 5.02 Å². The zero-order valence-electron chi connectivity index (χ0n) is 14.4. The Balaban J connectivity index is 0.00000338. The van der Waals surface area contributed by atoms with E-state index in [0.29, 0.717) is 29.8 Å². The van der Waals surface area contributed by atoms with Gasteiger partial charge in [0.05, 0.1) is 0 Å². The molecule has 0 aliphatic carbocycles. The van der Waals surface area contributed by atoms with Gasteiger partial charge in [0.15, 0.2) is 12.6 Å². The van der Waals surface area contributed by atoms with Crippen molar-refractivity contribution in [2.24, 2.45) is 10.7 Å². The fraction of sp³-hybridized carbons (Fsp3) is 0.222. The fourth-order valence-electron chi connectivity index (χ4n) is 2.14. The van der Waals surface area contributed by atoms with Gasteiger partial charge < -0.3 is 21.1 Å². The molecule has 6 nitrogen and oxygen atoms in total. The summed E-state index contributed by atoms with van der Waals surface area (Å²) in [6.07, 6.45) is 0. The predicted octanol–water partition coefficient (Wildman–Crippen LogP) is 2.69. The van der Waals surface area contributed by atoms with Gasteiger partial charge >= 0.3 is 0 Å². The molecule has 0 radical (unpaired) electrons. The molecule has 0 unspecified atom stereocenters. The van der Waals surface area contributed by atoms with Crippen molar-refractivity contribution in [2.45, 2.75) is 13.1 Å². The van der Waals surface area contributed by atoms with Crippen molar-refractivity contribution >= 4 is 47.4 Å². The SMILES string of the molecule is CN=C(NCc1cccc(Cl)c1)NCc1cccc(OCC(N)=O)c1.I. The smallest absolute Gasteiger partial charge is 0.255 e. The van der Waals surface area contributed by atoms with Crippen molar-refractivity contribution in [1.82, 2.24) is 10.6 Å². The maximum Gasteiger partial charge on any atom is 0.255 e. The first-order chi connectivity index (χ1) is 12.1. The quantitative estimate of drug-likeness (QED) is 0.318. The lowest BCUT2D eigenvalue weighted by atomic mass is 10.2. The van der Waals surface area contributed by atoms with Crippen LogP contribution in [0, 0.1) is 0 Å². The molecular formula is C18H22ClIN4O2. The number of guanidine groups is 1. The Morgan fingerprint density at radius 3 is 2.31 bits per heavy atom. The first-order valence-corrected chi connectivity index (χ1v) is 8.13. The lowest BCUT2D eigenvalue weighted by Crippen LogP contribution is -2.36. The molecule has 26 heavy (non-hydrogen) atoms. The van der Waals surface area contributed by atoms with Gasteiger partial charge in [-0.05, 0) is 35.4 Å². The monoisotopic (exact) mass is 488 g/mol. The molecule has 0 aliphatic rings. The van der Waals surface area contributed by atoms with Crippen molar-refractivity contribution in [3.05, 3.63) is 64.7 Å². The highest BCUT2D eigenvalue weighted by Crippen LogP contribution is 2.13. The van der Waals surface area contributed by atoms with Gasteiger partial charge in [-0.1, -0.05) is 35.9 Å². The third-order valence-corrected chi connectivity index (χ3v) is 3.55. The molecule has 0 bridgehead atoms. The maximum atomic E-state index is 10.8. The number of hydrogen-bond acceptors (Lipinski definition) is 3. The van der Waals surface area contributed by atoms with Crippen LogP contribution in [0.5, 0.6) is 5.75 Å². The Labute approximate surface area is 175 Å². The fourth-order valence-corrected chi connectivity index (χ4v) is 2.35. The van der Waals surface area contributed by atoms with Gasteiger partial charge in [-0.15, -0.1) is 24.0 Å². The first-order valence-electron chi connectivity index (χ1n) is 7.76. The number of rotatable bonds is 7. The van der Waals surface area contributed by atoms with Crippen LogP contribution < -0.4 is 21.1 Å². The molecule has 0 heterocycles. The third-order valence-electron chi connectivity index (χ3n) is 3.31. The molecule has 0 saturated carbocycles. The predicted molar refractivity (Wildman–Crippen MR) is 115 cm³/mol. The minimum absolute atomic E-state index is 0. The topological polar surface area (TPSA) is 88.7 Å². The summed E-state index contributed by atoms with van der Waals surface area (Å²) in [5, 5.41) is 7.15. The molecule has 0 spiro atoms. The molecule has 0 atom stereocenters. The van der Waals surface area contributed by atoms with E-state index >= 15 is 0 Å². The van der Waals surface area contributed by atoms with Crippen LogP contribution >= 0.6 is 35.6 Å². The summed E-state index contributed by atoms with van der Waals surface area (Å²) < 4.78 is 5.30. The molecule has 0 fully saturated rings. The van der Waals surface area contributed by atoms with Crippen molar-refractivity contribution < 1.29 is 9.53 Å². The number of hydrogen-bond donors (Lipinski definition) is 3. The number of carbonyl (C=O) groups excluding carboxylic acids is 1. The van der Waals surface area contributed by atoms with Gasteiger partial charge in [-0.2, -0.15) is 0 Å². The van der Waals surface area contributed by atoms with Crippen LogP contribution in [0.25, 0.3) is 0 Å². The second-order valence-corrected chi connectivity index (χ2v) is 5.75. The van der Waals surface area contributed by atoms with Crippen molar-refractivity contribution in [1.29, 1.82) is 0 Å². The minimum atomic E-state index is -0.505. The van der Waals surface area contributed by atoms with Crippen LogP contribution in [-0.2, 0) is 17.9 Å². The number of nitrogens with two attached hydrogens (primary N) is 1. The average molecular weight is 489 g/mol. The molecule has 2 aromatic rings. The molecule has 0 aromatic heterocycles. The van der Waals surface area contributed by atoms with Crippen molar-refractivity contribution in [3.63, 3.8) is 0 Å². The maximum absolute atomic E-state index is 10.8. The van der Waals surface area contributed by atoms with Gasteiger partial charge in [0.25, 0.3) is 5.91 Å². The van der Waals surface area contributed by atoms with E-state index < -0.39 is 5.91 Å². The summed E-state index contributed by atoms with van der Waals surface area (Å²) in [4.78, 5) is 15.0. The molecular weight excluding hydrogens is 467 g/mol.